The van der Waals surface area contributed by atoms with Gasteiger partial charge in [-0.25, -0.2) is 4.39 Å². The number of thiocarbonyl (C=S) groups is 1. The molecule has 1 unspecified atom stereocenters. The van der Waals surface area contributed by atoms with Crippen molar-refractivity contribution in [3.63, 3.8) is 0 Å². The second-order valence-corrected chi connectivity index (χ2v) is 11.6. The molecule has 4 heterocycles. The van der Waals surface area contributed by atoms with Crippen molar-refractivity contribution in [3.05, 3.63) is 89.5 Å². The third kappa shape index (κ3) is 3.17. The van der Waals surface area contributed by atoms with E-state index < -0.39 is 22.0 Å². The van der Waals surface area contributed by atoms with E-state index in [0.29, 0.717) is 33.6 Å². The van der Waals surface area contributed by atoms with Gasteiger partial charge in [0, 0.05) is 42.7 Å². The number of halogens is 1. The van der Waals surface area contributed by atoms with Gasteiger partial charge in [-0.05, 0) is 55.1 Å². The molecule has 2 amide bonds. The lowest BCUT2D eigenvalue weighted by Crippen LogP contribution is -2.62. The summed E-state index contributed by atoms with van der Waals surface area (Å²) in [7, 11) is 5.08. The van der Waals surface area contributed by atoms with Crippen LogP contribution in [0.5, 0.6) is 5.75 Å². The van der Waals surface area contributed by atoms with Crippen molar-refractivity contribution in [3.8, 4) is 5.75 Å². The van der Waals surface area contributed by atoms with Gasteiger partial charge in [0.25, 0.3) is 5.91 Å². The summed E-state index contributed by atoms with van der Waals surface area (Å²) in [5.74, 6) is -0.795. The Labute approximate surface area is 229 Å². The Balaban J connectivity index is 1.56. The summed E-state index contributed by atoms with van der Waals surface area (Å²) in [4.78, 5) is 38.7. The number of aromatic nitrogens is 1. The molecule has 3 atom stereocenters. The number of pyridine rings is 1. The van der Waals surface area contributed by atoms with Crippen LogP contribution in [0.4, 0.5) is 10.1 Å². The molecule has 6 rings (SSSR count). The van der Waals surface area contributed by atoms with Crippen LogP contribution < -0.4 is 9.64 Å². The Hall–Kier alpha value is -3.34. The second kappa shape index (κ2) is 8.86. The van der Waals surface area contributed by atoms with E-state index in [1.807, 2.05) is 54.4 Å². The molecule has 7 nitrogen and oxygen atoms in total. The van der Waals surface area contributed by atoms with Crippen molar-refractivity contribution in [2.24, 2.45) is 0 Å². The highest BCUT2D eigenvalue weighted by atomic mass is 32.2. The number of likely N-dealkylation sites (tertiary alicyclic amines) is 1. The zero-order chi connectivity index (χ0) is 26.8. The summed E-state index contributed by atoms with van der Waals surface area (Å²) in [6.45, 7) is 0.607. The summed E-state index contributed by atoms with van der Waals surface area (Å²) in [5, 5.41) is 0. The average molecular weight is 549 g/mol. The fraction of sp³-hybridized carbons (Fsp3) is 0.286. The Morgan fingerprint density at radius 1 is 1.11 bits per heavy atom. The van der Waals surface area contributed by atoms with Gasteiger partial charge < -0.3 is 9.64 Å². The molecule has 0 bridgehead atoms. The first-order valence-electron chi connectivity index (χ1n) is 12.1. The van der Waals surface area contributed by atoms with E-state index in [1.165, 1.54) is 28.8 Å². The predicted molar refractivity (Wildman–Crippen MR) is 148 cm³/mol. The molecule has 3 aliphatic heterocycles. The minimum atomic E-state index is -1.47. The van der Waals surface area contributed by atoms with E-state index in [2.05, 4.69) is 4.98 Å². The number of thioether (sulfide) groups is 1. The summed E-state index contributed by atoms with van der Waals surface area (Å²) < 4.78 is 19.0. The SMILES string of the molecule is COc1ccc(CN2C(=O)[C@@]3(SC2=S)C(c2ccccn2)CN(C)[C@]32C(=O)N(C)c3ccc(F)cc32)cc1. The van der Waals surface area contributed by atoms with Crippen molar-refractivity contribution >= 4 is 45.8 Å². The molecule has 3 aliphatic rings. The largest absolute Gasteiger partial charge is 0.497 e. The zero-order valence-corrected chi connectivity index (χ0v) is 22.7. The first-order valence-corrected chi connectivity index (χ1v) is 13.4. The van der Waals surface area contributed by atoms with Crippen LogP contribution in [0.15, 0.2) is 66.9 Å². The first kappa shape index (κ1) is 25.0. The van der Waals surface area contributed by atoms with Crippen molar-refractivity contribution < 1.29 is 18.7 Å². The number of nitrogens with zero attached hydrogens (tertiary/aromatic N) is 4. The molecular formula is C28H25FN4O3S2. The van der Waals surface area contributed by atoms with E-state index in [4.69, 9.17) is 17.0 Å². The minimum absolute atomic E-state index is 0.241. The highest BCUT2D eigenvalue weighted by Crippen LogP contribution is 2.66. The standard InChI is InChI=1S/C28H25FN4O3S2/c1-31-16-21(22-6-4-5-13-30-22)28(27(31)20-14-18(29)9-12-23(20)32(2)24(27)34)25(35)33(26(37)38-28)15-17-7-10-19(36-3)11-8-17/h4-14,21H,15-16H2,1-3H3/t21?,27-,28+/m1/s1. The van der Waals surface area contributed by atoms with Gasteiger partial charge in [-0.3, -0.25) is 24.4 Å². The number of carbonyl (C=O) groups excluding carboxylic acids is 2. The van der Waals surface area contributed by atoms with Crippen LogP contribution in [0.1, 0.15) is 22.7 Å². The second-order valence-electron chi connectivity index (χ2n) is 9.77. The lowest BCUT2D eigenvalue weighted by Gasteiger charge is -2.42. The maximum Gasteiger partial charge on any atom is 0.254 e. The molecule has 194 valence electrons. The van der Waals surface area contributed by atoms with Gasteiger partial charge in [0.05, 0.1) is 13.7 Å². The van der Waals surface area contributed by atoms with Crippen LogP contribution >= 0.6 is 24.0 Å². The minimum Gasteiger partial charge on any atom is -0.497 e. The van der Waals surface area contributed by atoms with E-state index in [0.717, 1.165) is 5.56 Å². The molecule has 10 heteroatoms. The van der Waals surface area contributed by atoms with Gasteiger partial charge in [-0.1, -0.05) is 42.2 Å². The molecule has 0 saturated carbocycles. The number of likely N-dealkylation sites (N-methyl/N-ethyl adjacent to an activating group) is 2. The van der Waals surface area contributed by atoms with Crippen molar-refractivity contribution in [2.75, 3.05) is 32.6 Å². The maximum atomic E-state index is 14.8. The van der Waals surface area contributed by atoms with Gasteiger partial charge in [0.2, 0.25) is 5.91 Å². The molecule has 38 heavy (non-hydrogen) atoms. The smallest absolute Gasteiger partial charge is 0.254 e. The normalized spacial score (nSPS) is 26.7. The number of methoxy groups -OCH3 is 1. The van der Waals surface area contributed by atoms with Gasteiger partial charge >= 0.3 is 0 Å². The van der Waals surface area contributed by atoms with Gasteiger partial charge in [-0.2, -0.15) is 0 Å². The number of benzene rings is 2. The summed E-state index contributed by atoms with van der Waals surface area (Å²) in [6, 6.07) is 17.3. The lowest BCUT2D eigenvalue weighted by atomic mass is 9.72. The number of hydrogen-bond donors (Lipinski definition) is 0. The average Bonchev–Trinajstić information content (AvgIpc) is 3.43. The quantitative estimate of drug-likeness (QED) is 0.458. The van der Waals surface area contributed by atoms with Crippen molar-refractivity contribution in [2.45, 2.75) is 22.7 Å². The number of anilines is 1. The molecule has 0 N–H and O–H groups in total. The highest BCUT2D eigenvalue weighted by Gasteiger charge is 2.78. The molecule has 0 aliphatic carbocycles. The number of ether oxygens (including phenoxy) is 1. The van der Waals surface area contributed by atoms with Crippen LogP contribution in [0, 0.1) is 5.82 Å². The Kier molecular flexibility index (Phi) is 5.82. The first-order chi connectivity index (χ1) is 18.3. The van der Waals surface area contributed by atoms with Gasteiger partial charge in [-0.15, -0.1) is 0 Å². The van der Waals surface area contributed by atoms with Crippen molar-refractivity contribution in [1.82, 2.24) is 14.8 Å². The fourth-order valence-corrected chi connectivity index (χ4v) is 8.37. The fourth-order valence-electron chi connectivity index (χ4n) is 6.26. The molecule has 2 saturated heterocycles. The number of rotatable bonds is 4. The lowest BCUT2D eigenvalue weighted by molar-refractivity contribution is -0.139. The van der Waals surface area contributed by atoms with Crippen LogP contribution in [0.3, 0.4) is 0 Å². The third-order valence-corrected chi connectivity index (χ3v) is 9.90. The van der Waals surface area contributed by atoms with Crippen LogP contribution in [-0.2, 0) is 21.7 Å². The van der Waals surface area contributed by atoms with Gasteiger partial charge in [0.15, 0.2) is 5.54 Å². The molecule has 0 radical (unpaired) electrons. The maximum absolute atomic E-state index is 14.8. The van der Waals surface area contributed by atoms with Crippen molar-refractivity contribution in [1.29, 1.82) is 0 Å². The molecule has 2 fully saturated rings. The number of hydrogen-bond acceptors (Lipinski definition) is 7. The summed E-state index contributed by atoms with van der Waals surface area (Å²) in [6.07, 6.45) is 1.68. The Bertz CT molecular complexity index is 1470. The Morgan fingerprint density at radius 3 is 2.55 bits per heavy atom. The van der Waals surface area contributed by atoms with E-state index >= 15 is 0 Å². The predicted octanol–water partition coefficient (Wildman–Crippen LogP) is 3.93. The van der Waals surface area contributed by atoms with Gasteiger partial charge in [0.1, 0.15) is 20.6 Å². The molecule has 3 aromatic rings. The molecular weight excluding hydrogens is 523 g/mol. The topological polar surface area (TPSA) is 66.0 Å². The number of amides is 2. The van der Waals surface area contributed by atoms with E-state index in [-0.39, 0.29) is 18.4 Å². The molecule has 2 aromatic carbocycles. The third-order valence-electron chi connectivity index (χ3n) is 7.96. The van der Waals surface area contributed by atoms with Crippen LogP contribution in [-0.4, -0.2) is 63.4 Å². The number of fused-ring (bicyclic) bond motifs is 3. The molecule has 1 aromatic heterocycles. The molecule has 2 spiro atoms. The zero-order valence-electron chi connectivity index (χ0n) is 21.1. The summed E-state index contributed by atoms with van der Waals surface area (Å²) >= 11 is 7.06. The Morgan fingerprint density at radius 2 is 1.87 bits per heavy atom. The summed E-state index contributed by atoms with van der Waals surface area (Å²) in [5.41, 5.74) is 1.14. The number of carbonyl (C=O) groups is 2. The van der Waals surface area contributed by atoms with E-state index in [9.17, 15) is 14.0 Å². The highest BCUT2D eigenvalue weighted by molar-refractivity contribution is 8.25. The monoisotopic (exact) mass is 548 g/mol. The van der Waals surface area contributed by atoms with Crippen LogP contribution in [0.25, 0.3) is 0 Å². The van der Waals surface area contributed by atoms with Crippen LogP contribution in [0.2, 0.25) is 0 Å². The van der Waals surface area contributed by atoms with E-state index in [1.54, 1.807) is 31.3 Å².